The van der Waals surface area contributed by atoms with E-state index in [0.29, 0.717) is 6.04 Å². The third kappa shape index (κ3) is 3.64. The summed E-state index contributed by atoms with van der Waals surface area (Å²) in [5, 5.41) is 1.38. The van der Waals surface area contributed by atoms with Crippen LogP contribution in [-0.2, 0) is 4.74 Å². The number of hydrogen-bond donors (Lipinski definition) is 0. The van der Waals surface area contributed by atoms with Crippen LogP contribution in [0.2, 0.25) is 0 Å². The summed E-state index contributed by atoms with van der Waals surface area (Å²) in [5.74, 6) is 0. The first-order chi connectivity index (χ1) is 10.2. The highest BCUT2D eigenvalue weighted by Crippen LogP contribution is 2.35. The molecule has 21 heavy (non-hydrogen) atoms. The van der Waals surface area contributed by atoms with Gasteiger partial charge in [-0.2, -0.15) is 0 Å². The van der Waals surface area contributed by atoms with Crippen molar-refractivity contribution in [3.05, 3.63) is 35.2 Å². The fourth-order valence-electron chi connectivity index (χ4n) is 2.94. The van der Waals surface area contributed by atoms with Crippen molar-refractivity contribution in [3.8, 4) is 0 Å². The summed E-state index contributed by atoms with van der Waals surface area (Å²) in [6, 6.07) is 11.6. The molecule has 1 unspecified atom stereocenters. The predicted molar refractivity (Wildman–Crippen MR) is 90.1 cm³/mol. The summed E-state index contributed by atoms with van der Waals surface area (Å²) in [5.41, 5.74) is 0. The van der Waals surface area contributed by atoms with Gasteiger partial charge in [-0.15, -0.1) is 11.3 Å². The highest BCUT2D eigenvalue weighted by molar-refractivity contribution is 7.19. The van der Waals surface area contributed by atoms with Gasteiger partial charge < -0.3 is 9.64 Å². The number of hydrogen-bond acceptors (Lipinski definition) is 4. The first kappa shape index (κ1) is 15.0. The zero-order valence-electron chi connectivity index (χ0n) is 12.9. The number of ether oxygens (including phenoxy) is 1. The predicted octanol–water partition coefficient (Wildman–Crippen LogP) is 3.23. The average Bonchev–Trinajstić information content (AvgIpc) is 2.92. The van der Waals surface area contributed by atoms with Crippen LogP contribution in [0.5, 0.6) is 0 Å². The molecular weight excluding hydrogens is 280 g/mol. The molecule has 0 radical (unpaired) electrons. The molecule has 1 fully saturated rings. The minimum absolute atomic E-state index is 0.522. The molecule has 0 bridgehead atoms. The van der Waals surface area contributed by atoms with Crippen molar-refractivity contribution in [1.82, 2.24) is 9.80 Å². The van der Waals surface area contributed by atoms with Gasteiger partial charge in [-0.25, -0.2) is 0 Å². The minimum Gasteiger partial charge on any atom is -0.379 e. The Morgan fingerprint density at radius 3 is 2.71 bits per heavy atom. The van der Waals surface area contributed by atoms with Crippen LogP contribution in [0.3, 0.4) is 0 Å². The van der Waals surface area contributed by atoms with E-state index in [1.54, 1.807) is 0 Å². The number of morpholine rings is 1. The number of thiophene rings is 1. The van der Waals surface area contributed by atoms with E-state index in [0.717, 1.165) is 32.8 Å². The maximum atomic E-state index is 5.52. The standard InChI is InChI=1S/C17H24N2OS/c1-18(2)8-7-15(19-9-11-20-12-10-19)17-13-14-5-3-4-6-16(14)21-17/h3-6,13,15H,7-12H2,1-2H3. The third-order valence-electron chi connectivity index (χ3n) is 4.11. The smallest absolute Gasteiger partial charge is 0.0594 e. The normalized spacial score (nSPS) is 18.4. The molecule has 4 heteroatoms. The molecule has 1 aliphatic heterocycles. The zero-order chi connectivity index (χ0) is 14.7. The summed E-state index contributed by atoms with van der Waals surface area (Å²) in [6.07, 6.45) is 1.18. The molecule has 2 aromatic rings. The molecule has 3 nitrogen and oxygen atoms in total. The lowest BCUT2D eigenvalue weighted by atomic mass is 10.1. The van der Waals surface area contributed by atoms with Crippen molar-refractivity contribution >= 4 is 21.4 Å². The number of nitrogens with zero attached hydrogens (tertiary/aromatic N) is 2. The van der Waals surface area contributed by atoms with Crippen LogP contribution < -0.4 is 0 Å². The molecule has 0 spiro atoms. The fraction of sp³-hybridized carbons (Fsp3) is 0.529. The molecule has 2 heterocycles. The molecule has 1 saturated heterocycles. The lowest BCUT2D eigenvalue weighted by molar-refractivity contribution is 0.0137. The molecule has 0 aliphatic carbocycles. The second-order valence-electron chi connectivity index (χ2n) is 5.94. The van der Waals surface area contributed by atoms with E-state index in [2.05, 4.69) is 54.2 Å². The fourth-order valence-corrected chi connectivity index (χ4v) is 4.18. The zero-order valence-corrected chi connectivity index (χ0v) is 13.7. The Morgan fingerprint density at radius 1 is 1.24 bits per heavy atom. The van der Waals surface area contributed by atoms with Crippen molar-refractivity contribution in [3.63, 3.8) is 0 Å². The van der Waals surface area contributed by atoms with Gasteiger partial charge in [0.25, 0.3) is 0 Å². The van der Waals surface area contributed by atoms with Gasteiger partial charge >= 0.3 is 0 Å². The second kappa shape index (κ2) is 6.88. The molecule has 3 rings (SSSR count). The molecule has 1 atom stereocenters. The van der Waals surface area contributed by atoms with Crippen molar-refractivity contribution < 1.29 is 4.74 Å². The maximum Gasteiger partial charge on any atom is 0.0594 e. The Bertz CT molecular complexity index is 542. The third-order valence-corrected chi connectivity index (χ3v) is 5.33. The van der Waals surface area contributed by atoms with Gasteiger partial charge in [0.05, 0.1) is 13.2 Å². The van der Waals surface area contributed by atoms with E-state index in [1.165, 1.54) is 21.4 Å². The molecular formula is C17H24N2OS. The van der Waals surface area contributed by atoms with Gasteiger partial charge in [0.2, 0.25) is 0 Å². The average molecular weight is 304 g/mol. The molecule has 114 valence electrons. The minimum atomic E-state index is 0.522. The molecule has 0 amide bonds. The Kier molecular flexibility index (Phi) is 4.91. The van der Waals surface area contributed by atoms with E-state index in [-0.39, 0.29) is 0 Å². The molecule has 1 aromatic heterocycles. The first-order valence-electron chi connectivity index (χ1n) is 7.69. The van der Waals surface area contributed by atoms with E-state index >= 15 is 0 Å². The van der Waals surface area contributed by atoms with E-state index < -0.39 is 0 Å². The Morgan fingerprint density at radius 2 is 2.00 bits per heavy atom. The Labute approximate surface area is 131 Å². The van der Waals surface area contributed by atoms with Crippen LogP contribution in [0.4, 0.5) is 0 Å². The first-order valence-corrected chi connectivity index (χ1v) is 8.51. The molecule has 1 aromatic carbocycles. The van der Waals surface area contributed by atoms with E-state index in [1.807, 2.05) is 11.3 Å². The quantitative estimate of drug-likeness (QED) is 0.843. The van der Waals surface area contributed by atoms with Crippen LogP contribution in [-0.4, -0.2) is 56.7 Å². The largest absolute Gasteiger partial charge is 0.379 e. The highest BCUT2D eigenvalue weighted by Gasteiger charge is 2.24. The van der Waals surface area contributed by atoms with Crippen LogP contribution in [0.25, 0.3) is 10.1 Å². The summed E-state index contributed by atoms with van der Waals surface area (Å²) >= 11 is 1.95. The van der Waals surface area contributed by atoms with E-state index in [9.17, 15) is 0 Å². The number of fused-ring (bicyclic) bond motifs is 1. The van der Waals surface area contributed by atoms with Crippen LogP contribution in [0.15, 0.2) is 30.3 Å². The van der Waals surface area contributed by atoms with Gasteiger partial charge in [-0.05, 0) is 44.6 Å². The van der Waals surface area contributed by atoms with Crippen molar-refractivity contribution in [2.24, 2.45) is 0 Å². The number of benzene rings is 1. The molecule has 0 N–H and O–H groups in total. The maximum absolute atomic E-state index is 5.52. The Balaban J connectivity index is 1.85. The highest BCUT2D eigenvalue weighted by atomic mass is 32.1. The van der Waals surface area contributed by atoms with Crippen molar-refractivity contribution in [1.29, 1.82) is 0 Å². The summed E-state index contributed by atoms with van der Waals surface area (Å²) in [6.45, 7) is 4.95. The summed E-state index contributed by atoms with van der Waals surface area (Å²) in [4.78, 5) is 6.37. The van der Waals surface area contributed by atoms with Gasteiger partial charge in [0.15, 0.2) is 0 Å². The lowest BCUT2D eigenvalue weighted by Crippen LogP contribution is -2.39. The van der Waals surface area contributed by atoms with Gasteiger partial charge in [-0.3, -0.25) is 4.90 Å². The molecule has 1 aliphatic rings. The van der Waals surface area contributed by atoms with Crippen LogP contribution in [0, 0.1) is 0 Å². The van der Waals surface area contributed by atoms with Crippen LogP contribution >= 0.6 is 11.3 Å². The SMILES string of the molecule is CN(C)CCC(c1cc2ccccc2s1)N1CCOCC1. The van der Waals surface area contributed by atoms with Crippen molar-refractivity contribution in [2.75, 3.05) is 46.9 Å². The Hall–Kier alpha value is -0.940. The monoisotopic (exact) mass is 304 g/mol. The molecule has 0 saturated carbocycles. The van der Waals surface area contributed by atoms with Crippen molar-refractivity contribution in [2.45, 2.75) is 12.5 Å². The van der Waals surface area contributed by atoms with E-state index in [4.69, 9.17) is 4.74 Å². The van der Waals surface area contributed by atoms with Gasteiger partial charge in [0, 0.05) is 28.7 Å². The lowest BCUT2D eigenvalue weighted by Gasteiger charge is -2.34. The number of rotatable bonds is 5. The van der Waals surface area contributed by atoms with Gasteiger partial charge in [0.1, 0.15) is 0 Å². The van der Waals surface area contributed by atoms with Crippen LogP contribution in [0.1, 0.15) is 17.3 Å². The summed E-state index contributed by atoms with van der Waals surface area (Å²) in [7, 11) is 4.31. The second-order valence-corrected chi connectivity index (χ2v) is 7.06. The van der Waals surface area contributed by atoms with Gasteiger partial charge in [-0.1, -0.05) is 18.2 Å². The summed E-state index contributed by atoms with van der Waals surface area (Å²) < 4.78 is 6.92. The topological polar surface area (TPSA) is 15.7 Å².